The first-order valence-corrected chi connectivity index (χ1v) is 8.99. The highest BCUT2D eigenvalue weighted by atomic mass is 16.2. The lowest BCUT2D eigenvalue weighted by Crippen LogP contribution is -2.26. The second-order valence-corrected chi connectivity index (χ2v) is 6.46. The molecule has 0 atom stereocenters. The zero-order valence-electron chi connectivity index (χ0n) is 15.4. The minimum Gasteiger partial charge on any atom is -0.295 e. The van der Waals surface area contributed by atoms with Crippen LogP contribution in [0.3, 0.4) is 0 Å². The molecule has 4 aromatic rings. The second kappa shape index (κ2) is 7.45. The summed E-state index contributed by atoms with van der Waals surface area (Å²) >= 11 is 0. The number of amides is 1. The van der Waals surface area contributed by atoms with Crippen LogP contribution in [0.5, 0.6) is 0 Å². The number of hydrogen-bond acceptors (Lipinski definition) is 3. The Hall–Kier alpha value is -3.79. The molecule has 0 aliphatic rings. The SMILES string of the molecule is CC(=O)c1ccc(N(C(=O)c2ccccc2)c2cccc3cccnc23)cc1. The molecule has 4 rings (SSSR count). The fourth-order valence-electron chi connectivity index (χ4n) is 3.19. The fourth-order valence-corrected chi connectivity index (χ4v) is 3.19. The number of aromatic nitrogens is 1. The number of benzene rings is 3. The normalized spacial score (nSPS) is 10.6. The highest BCUT2D eigenvalue weighted by Crippen LogP contribution is 2.32. The molecule has 1 aromatic heterocycles. The van der Waals surface area contributed by atoms with Crippen molar-refractivity contribution in [2.45, 2.75) is 6.92 Å². The number of carbonyl (C=O) groups excluding carboxylic acids is 2. The molecule has 28 heavy (non-hydrogen) atoms. The lowest BCUT2D eigenvalue weighted by atomic mass is 10.1. The van der Waals surface area contributed by atoms with Crippen LogP contribution >= 0.6 is 0 Å². The van der Waals surface area contributed by atoms with Gasteiger partial charge in [-0.2, -0.15) is 0 Å². The summed E-state index contributed by atoms with van der Waals surface area (Å²) in [6.07, 6.45) is 1.72. The Morgan fingerprint density at radius 3 is 2.18 bits per heavy atom. The largest absolute Gasteiger partial charge is 0.295 e. The minimum atomic E-state index is -0.158. The van der Waals surface area contributed by atoms with Crippen molar-refractivity contribution in [3.8, 4) is 0 Å². The molecule has 4 heteroatoms. The summed E-state index contributed by atoms with van der Waals surface area (Å²) in [4.78, 5) is 31.2. The molecular weight excluding hydrogens is 348 g/mol. The first kappa shape index (κ1) is 17.6. The monoisotopic (exact) mass is 366 g/mol. The van der Waals surface area contributed by atoms with E-state index in [1.165, 1.54) is 6.92 Å². The third kappa shape index (κ3) is 3.28. The number of pyridine rings is 1. The van der Waals surface area contributed by atoms with Gasteiger partial charge in [0.15, 0.2) is 5.78 Å². The number of anilines is 2. The van der Waals surface area contributed by atoms with E-state index in [1.54, 1.807) is 47.5 Å². The number of ketones is 1. The lowest BCUT2D eigenvalue weighted by molar-refractivity contribution is 0.0996. The first-order chi connectivity index (χ1) is 13.6. The van der Waals surface area contributed by atoms with Crippen LogP contribution in [0.25, 0.3) is 10.9 Å². The molecule has 136 valence electrons. The molecule has 0 aliphatic carbocycles. The van der Waals surface area contributed by atoms with Crippen LogP contribution in [-0.2, 0) is 0 Å². The summed E-state index contributed by atoms with van der Waals surface area (Å²) in [5.74, 6) is -0.173. The van der Waals surface area contributed by atoms with Crippen LogP contribution < -0.4 is 4.90 Å². The standard InChI is InChI=1S/C24H18N2O2/c1-17(27)18-12-14-21(15-13-18)26(24(28)20-7-3-2-4-8-20)22-11-5-9-19-10-6-16-25-23(19)22/h2-16H,1H3. The van der Waals surface area contributed by atoms with Gasteiger partial charge in [0.25, 0.3) is 5.91 Å². The maximum atomic E-state index is 13.4. The number of Topliss-reactive ketones (excluding diaryl/α,β-unsaturated/α-hetero) is 1. The van der Waals surface area contributed by atoms with Crippen LogP contribution in [0.1, 0.15) is 27.6 Å². The van der Waals surface area contributed by atoms with Crippen molar-refractivity contribution < 1.29 is 9.59 Å². The second-order valence-electron chi connectivity index (χ2n) is 6.46. The molecule has 1 amide bonds. The van der Waals surface area contributed by atoms with Crippen LogP contribution in [0.4, 0.5) is 11.4 Å². The van der Waals surface area contributed by atoms with E-state index in [0.29, 0.717) is 22.5 Å². The highest BCUT2D eigenvalue weighted by molar-refractivity contribution is 6.14. The molecule has 0 N–H and O–H groups in total. The Morgan fingerprint density at radius 2 is 1.46 bits per heavy atom. The van der Waals surface area contributed by atoms with Gasteiger partial charge >= 0.3 is 0 Å². The van der Waals surface area contributed by atoms with Crippen LogP contribution in [-0.4, -0.2) is 16.7 Å². The average Bonchev–Trinajstić information content (AvgIpc) is 2.75. The summed E-state index contributed by atoms with van der Waals surface area (Å²) in [7, 11) is 0. The van der Waals surface area contributed by atoms with Gasteiger partial charge in [-0.3, -0.25) is 19.5 Å². The molecule has 0 aliphatic heterocycles. The smallest absolute Gasteiger partial charge is 0.262 e. The first-order valence-electron chi connectivity index (χ1n) is 8.99. The van der Waals surface area contributed by atoms with Gasteiger partial charge in [0, 0.05) is 28.4 Å². The summed E-state index contributed by atoms with van der Waals surface area (Å²) in [5.41, 5.74) is 3.29. The predicted molar refractivity (Wildman–Crippen MR) is 111 cm³/mol. The molecule has 0 fully saturated rings. The Labute approximate surface area is 163 Å². The van der Waals surface area contributed by atoms with E-state index in [-0.39, 0.29) is 11.7 Å². The molecule has 4 nitrogen and oxygen atoms in total. The van der Waals surface area contributed by atoms with Gasteiger partial charge in [0.1, 0.15) is 0 Å². The van der Waals surface area contributed by atoms with Gasteiger partial charge in [-0.1, -0.05) is 36.4 Å². The number of nitrogens with zero attached hydrogens (tertiary/aromatic N) is 2. The third-order valence-corrected chi connectivity index (χ3v) is 4.61. The fraction of sp³-hybridized carbons (Fsp3) is 0.0417. The summed E-state index contributed by atoms with van der Waals surface area (Å²) < 4.78 is 0. The lowest BCUT2D eigenvalue weighted by Gasteiger charge is -2.24. The molecule has 0 saturated heterocycles. The molecule has 3 aromatic carbocycles. The topological polar surface area (TPSA) is 50.3 Å². The Morgan fingerprint density at radius 1 is 0.750 bits per heavy atom. The van der Waals surface area contributed by atoms with Gasteiger partial charge in [-0.15, -0.1) is 0 Å². The van der Waals surface area contributed by atoms with Crippen molar-refractivity contribution in [3.63, 3.8) is 0 Å². The van der Waals surface area contributed by atoms with E-state index in [4.69, 9.17) is 0 Å². The number of para-hydroxylation sites is 1. The van der Waals surface area contributed by atoms with E-state index in [1.807, 2.05) is 48.5 Å². The number of rotatable bonds is 4. The van der Waals surface area contributed by atoms with Crippen molar-refractivity contribution in [1.29, 1.82) is 0 Å². The van der Waals surface area contributed by atoms with Crippen molar-refractivity contribution in [2.24, 2.45) is 0 Å². The van der Waals surface area contributed by atoms with E-state index in [0.717, 1.165) is 10.9 Å². The zero-order valence-corrected chi connectivity index (χ0v) is 15.4. The molecule has 1 heterocycles. The van der Waals surface area contributed by atoms with Crippen LogP contribution in [0.2, 0.25) is 0 Å². The molecular formula is C24H18N2O2. The summed E-state index contributed by atoms with van der Waals surface area (Å²) in [6, 6.07) is 25.8. The number of carbonyl (C=O) groups is 2. The maximum Gasteiger partial charge on any atom is 0.262 e. The van der Waals surface area contributed by atoms with Crippen LogP contribution in [0.15, 0.2) is 91.1 Å². The van der Waals surface area contributed by atoms with Crippen molar-refractivity contribution in [1.82, 2.24) is 4.98 Å². The van der Waals surface area contributed by atoms with Gasteiger partial charge in [-0.05, 0) is 55.5 Å². The van der Waals surface area contributed by atoms with Crippen molar-refractivity contribution in [3.05, 3.63) is 102 Å². The maximum absolute atomic E-state index is 13.4. The predicted octanol–water partition coefficient (Wildman–Crippen LogP) is 5.42. The van der Waals surface area contributed by atoms with E-state index in [9.17, 15) is 9.59 Å². The Balaban J connectivity index is 1.91. The Kier molecular flexibility index (Phi) is 4.68. The van der Waals surface area contributed by atoms with E-state index >= 15 is 0 Å². The van der Waals surface area contributed by atoms with Gasteiger partial charge < -0.3 is 0 Å². The molecule has 0 unspecified atom stereocenters. The highest BCUT2D eigenvalue weighted by Gasteiger charge is 2.22. The number of fused-ring (bicyclic) bond motifs is 1. The van der Waals surface area contributed by atoms with Gasteiger partial charge in [0.05, 0.1) is 11.2 Å². The molecule has 0 radical (unpaired) electrons. The van der Waals surface area contributed by atoms with E-state index < -0.39 is 0 Å². The minimum absolute atomic E-state index is 0.0145. The third-order valence-electron chi connectivity index (χ3n) is 4.61. The zero-order chi connectivity index (χ0) is 19.5. The summed E-state index contributed by atoms with van der Waals surface area (Å²) in [6.45, 7) is 1.52. The molecule has 0 saturated carbocycles. The Bertz CT molecular complexity index is 1150. The average molecular weight is 366 g/mol. The van der Waals surface area contributed by atoms with Crippen molar-refractivity contribution in [2.75, 3.05) is 4.90 Å². The summed E-state index contributed by atoms with van der Waals surface area (Å²) in [5, 5.41) is 0.950. The molecule has 0 bridgehead atoms. The van der Waals surface area contributed by atoms with Crippen LogP contribution in [0, 0.1) is 0 Å². The van der Waals surface area contributed by atoms with E-state index in [2.05, 4.69) is 4.98 Å². The van der Waals surface area contributed by atoms with Gasteiger partial charge in [-0.25, -0.2) is 0 Å². The molecule has 0 spiro atoms. The van der Waals surface area contributed by atoms with Crippen molar-refractivity contribution >= 4 is 34.0 Å². The van der Waals surface area contributed by atoms with Gasteiger partial charge in [0.2, 0.25) is 0 Å². The quantitative estimate of drug-likeness (QED) is 0.453. The number of hydrogen-bond donors (Lipinski definition) is 0.